The molecule has 0 aliphatic rings. The lowest BCUT2D eigenvalue weighted by Crippen LogP contribution is -2.30. The summed E-state index contributed by atoms with van der Waals surface area (Å²) < 4.78 is 16.9. The van der Waals surface area contributed by atoms with Gasteiger partial charge in [-0.15, -0.1) is 0 Å². The van der Waals surface area contributed by atoms with E-state index in [9.17, 15) is 14.4 Å². The van der Waals surface area contributed by atoms with Crippen LogP contribution in [0, 0.1) is 0 Å². The summed E-state index contributed by atoms with van der Waals surface area (Å²) >= 11 is 0. The van der Waals surface area contributed by atoms with E-state index in [1.807, 2.05) is 0 Å². The van der Waals surface area contributed by atoms with Crippen molar-refractivity contribution in [3.8, 4) is 0 Å². The number of allylic oxidation sites excluding steroid dienone is 18. The summed E-state index contributed by atoms with van der Waals surface area (Å²) in [6, 6.07) is 0. The van der Waals surface area contributed by atoms with Crippen LogP contribution in [0.3, 0.4) is 0 Å². The number of carbonyl (C=O) groups is 3. The molecular formula is C70H118O6. The summed E-state index contributed by atoms with van der Waals surface area (Å²) in [6.07, 6.45) is 86.6. The zero-order valence-corrected chi connectivity index (χ0v) is 49.7. The summed E-state index contributed by atoms with van der Waals surface area (Å²) in [6.45, 7) is 6.51. The molecule has 0 aliphatic heterocycles. The normalized spacial score (nSPS) is 12.8. The van der Waals surface area contributed by atoms with Gasteiger partial charge >= 0.3 is 17.9 Å². The van der Waals surface area contributed by atoms with Crippen LogP contribution in [-0.2, 0) is 28.6 Å². The van der Waals surface area contributed by atoms with Crippen molar-refractivity contribution in [2.75, 3.05) is 13.2 Å². The number of carbonyl (C=O) groups excluding carboxylic acids is 3. The van der Waals surface area contributed by atoms with Gasteiger partial charge in [0.2, 0.25) is 0 Å². The first-order valence-corrected chi connectivity index (χ1v) is 31.9. The Hall–Kier alpha value is -3.93. The first kappa shape index (κ1) is 72.1. The van der Waals surface area contributed by atoms with Gasteiger partial charge in [0.25, 0.3) is 0 Å². The van der Waals surface area contributed by atoms with E-state index >= 15 is 0 Å². The van der Waals surface area contributed by atoms with Gasteiger partial charge in [0.15, 0.2) is 6.10 Å². The number of rotatable bonds is 57. The minimum absolute atomic E-state index is 0.0862. The second-order valence-electron chi connectivity index (χ2n) is 20.9. The van der Waals surface area contributed by atoms with Gasteiger partial charge in [0.1, 0.15) is 13.2 Å². The van der Waals surface area contributed by atoms with E-state index in [-0.39, 0.29) is 31.1 Å². The lowest BCUT2D eigenvalue weighted by Gasteiger charge is -2.18. The van der Waals surface area contributed by atoms with E-state index in [1.165, 1.54) is 135 Å². The van der Waals surface area contributed by atoms with Crippen molar-refractivity contribution in [2.24, 2.45) is 0 Å². The molecule has 0 saturated carbocycles. The highest BCUT2D eigenvalue weighted by atomic mass is 16.6. The fraction of sp³-hybridized carbons (Fsp3) is 0.700. The molecule has 6 heteroatoms. The maximum atomic E-state index is 12.9. The summed E-state index contributed by atoms with van der Waals surface area (Å²) in [5, 5.41) is 0. The van der Waals surface area contributed by atoms with Crippen LogP contribution < -0.4 is 0 Å². The Balaban J connectivity index is 4.36. The molecule has 0 rings (SSSR count). The highest BCUT2D eigenvalue weighted by Crippen LogP contribution is 2.15. The van der Waals surface area contributed by atoms with Gasteiger partial charge in [-0.25, -0.2) is 0 Å². The molecule has 0 aliphatic carbocycles. The zero-order chi connectivity index (χ0) is 55.0. The third-order valence-electron chi connectivity index (χ3n) is 13.5. The molecule has 0 aromatic rings. The number of hydrogen-bond donors (Lipinski definition) is 0. The van der Waals surface area contributed by atoms with Crippen molar-refractivity contribution in [1.82, 2.24) is 0 Å². The largest absolute Gasteiger partial charge is 0.462 e. The van der Waals surface area contributed by atoms with Gasteiger partial charge in [-0.05, 0) is 109 Å². The predicted octanol–water partition coefficient (Wildman–Crippen LogP) is 21.8. The maximum absolute atomic E-state index is 12.9. The second kappa shape index (κ2) is 63.6. The molecule has 434 valence electrons. The van der Waals surface area contributed by atoms with E-state index in [4.69, 9.17) is 14.2 Å². The number of ether oxygens (including phenoxy) is 3. The van der Waals surface area contributed by atoms with Crippen LogP contribution >= 0.6 is 0 Å². The molecule has 1 unspecified atom stereocenters. The summed E-state index contributed by atoms with van der Waals surface area (Å²) in [5.74, 6) is -0.910. The van der Waals surface area contributed by atoms with Crippen LogP contribution in [0.25, 0.3) is 0 Å². The van der Waals surface area contributed by atoms with Crippen molar-refractivity contribution in [2.45, 2.75) is 303 Å². The number of hydrogen-bond acceptors (Lipinski definition) is 6. The SMILES string of the molecule is CC/C=C\C/C=C\C/C=C\C/C=C\C/C=C\C/C=C\C/C=C\C/C=C\CCCCCCC(=O)OCC(COC(=O)CCCCCCCCCCCCCC)OC(=O)CCCCCCCCC/C=C\CCCCCCCC. The summed E-state index contributed by atoms with van der Waals surface area (Å²) in [4.78, 5) is 38.2. The van der Waals surface area contributed by atoms with Gasteiger partial charge in [-0.3, -0.25) is 14.4 Å². The first-order chi connectivity index (χ1) is 37.5. The smallest absolute Gasteiger partial charge is 0.306 e. The molecule has 0 radical (unpaired) electrons. The quantitative estimate of drug-likeness (QED) is 0.0261. The Morgan fingerprint density at radius 3 is 0.816 bits per heavy atom. The first-order valence-electron chi connectivity index (χ1n) is 31.9. The second-order valence-corrected chi connectivity index (χ2v) is 20.9. The average molecular weight is 1060 g/mol. The Morgan fingerprint density at radius 2 is 0.513 bits per heavy atom. The molecule has 0 N–H and O–H groups in total. The van der Waals surface area contributed by atoms with Crippen molar-refractivity contribution in [3.05, 3.63) is 109 Å². The van der Waals surface area contributed by atoms with Crippen molar-refractivity contribution in [3.63, 3.8) is 0 Å². The lowest BCUT2D eigenvalue weighted by atomic mass is 10.0. The molecular weight excluding hydrogens is 937 g/mol. The summed E-state index contributed by atoms with van der Waals surface area (Å²) in [7, 11) is 0. The number of esters is 3. The fourth-order valence-electron chi connectivity index (χ4n) is 8.75. The van der Waals surface area contributed by atoms with Gasteiger partial charge in [-0.1, -0.05) is 278 Å². The standard InChI is InChI=1S/C70H118O6/c1-4-7-10-13-16-19-22-25-27-29-30-31-32-33-34-35-36-37-38-39-40-42-43-45-48-51-54-57-60-63-69(72)75-66-67(65-74-68(71)62-59-56-53-50-47-24-21-18-15-12-9-6-3)76-70(73)64-61-58-55-52-49-46-44-41-28-26-23-20-17-14-11-8-5-2/h7,10,16,19,25-28,30-31,33-34,36-37,39-40,43,45,67H,4-6,8-9,11-15,17-18,20-24,29,32,35,38,41-42,44,46-66H2,1-3H3/b10-7-,19-16-,27-25-,28-26-,31-30-,34-33-,37-36-,40-39-,45-43-. The molecule has 0 spiro atoms. The molecule has 76 heavy (non-hydrogen) atoms. The maximum Gasteiger partial charge on any atom is 0.306 e. The Kier molecular flexibility index (Phi) is 60.3. The molecule has 0 amide bonds. The highest BCUT2D eigenvalue weighted by molar-refractivity contribution is 5.71. The van der Waals surface area contributed by atoms with Crippen LogP contribution in [0.15, 0.2) is 109 Å². The Bertz CT molecular complexity index is 1540. The van der Waals surface area contributed by atoms with Gasteiger partial charge in [0.05, 0.1) is 0 Å². The van der Waals surface area contributed by atoms with Crippen LogP contribution in [0.2, 0.25) is 0 Å². The third-order valence-corrected chi connectivity index (χ3v) is 13.5. The molecule has 0 aromatic carbocycles. The molecule has 0 saturated heterocycles. The van der Waals surface area contributed by atoms with Crippen molar-refractivity contribution < 1.29 is 28.6 Å². The van der Waals surface area contributed by atoms with E-state index in [0.29, 0.717) is 19.3 Å². The van der Waals surface area contributed by atoms with E-state index in [2.05, 4.69) is 130 Å². The number of unbranched alkanes of at least 4 members (excludes halogenated alkanes) is 28. The van der Waals surface area contributed by atoms with Gasteiger partial charge in [-0.2, -0.15) is 0 Å². The molecule has 0 aromatic heterocycles. The predicted molar refractivity (Wildman–Crippen MR) is 330 cm³/mol. The van der Waals surface area contributed by atoms with Gasteiger partial charge in [0, 0.05) is 19.3 Å². The van der Waals surface area contributed by atoms with Crippen LogP contribution in [0.1, 0.15) is 297 Å². The van der Waals surface area contributed by atoms with Crippen molar-refractivity contribution >= 4 is 17.9 Å². The van der Waals surface area contributed by atoms with E-state index in [1.54, 1.807) is 0 Å². The molecule has 0 heterocycles. The molecule has 0 fully saturated rings. The van der Waals surface area contributed by atoms with Crippen LogP contribution in [0.4, 0.5) is 0 Å². The third kappa shape index (κ3) is 60.9. The van der Waals surface area contributed by atoms with Crippen LogP contribution in [0.5, 0.6) is 0 Å². The topological polar surface area (TPSA) is 78.9 Å². The monoisotopic (exact) mass is 1050 g/mol. The molecule has 6 nitrogen and oxygen atoms in total. The zero-order valence-electron chi connectivity index (χ0n) is 49.7. The minimum Gasteiger partial charge on any atom is -0.462 e. The Morgan fingerprint density at radius 1 is 0.276 bits per heavy atom. The lowest BCUT2D eigenvalue weighted by molar-refractivity contribution is -0.167. The molecule has 0 bridgehead atoms. The average Bonchev–Trinajstić information content (AvgIpc) is 3.42. The highest BCUT2D eigenvalue weighted by Gasteiger charge is 2.19. The van der Waals surface area contributed by atoms with Crippen LogP contribution in [-0.4, -0.2) is 37.2 Å². The molecule has 1 atom stereocenters. The summed E-state index contributed by atoms with van der Waals surface area (Å²) in [5.41, 5.74) is 0. The van der Waals surface area contributed by atoms with Gasteiger partial charge < -0.3 is 14.2 Å². The minimum atomic E-state index is -0.791. The fourth-order valence-corrected chi connectivity index (χ4v) is 8.75. The van der Waals surface area contributed by atoms with Crippen molar-refractivity contribution in [1.29, 1.82) is 0 Å². The van der Waals surface area contributed by atoms with E-state index in [0.717, 1.165) is 122 Å². The van der Waals surface area contributed by atoms with E-state index < -0.39 is 6.10 Å². The Labute approximate surface area is 470 Å².